The van der Waals surface area contributed by atoms with Crippen molar-refractivity contribution < 1.29 is 4.74 Å². The Bertz CT molecular complexity index is 928. The first-order chi connectivity index (χ1) is 14.2. The molecule has 0 aliphatic rings. The number of hydrogen-bond donors (Lipinski definition) is 2. The van der Waals surface area contributed by atoms with Gasteiger partial charge in [-0.25, -0.2) is 4.99 Å². The molecule has 3 aromatic rings. The predicted octanol–water partition coefficient (Wildman–Crippen LogP) is 3.72. The first-order valence-corrected chi connectivity index (χ1v) is 9.86. The van der Waals surface area contributed by atoms with Crippen LogP contribution in [-0.2, 0) is 6.54 Å². The van der Waals surface area contributed by atoms with Crippen LogP contribution in [0.4, 0.5) is 0 Å². The number of ether oxygens (including phenoxy) is 1. The zero-order chi connectivity index (χ0) is 20.5. The Morgan fingerprint density at radius 1 is 1.10 bits per heavy atom. The predicted molar refractivity (Wildman–Crippen MR) is 131 cm³/mol. The minimum Gasteiger partial charge on any atom is -0.489 e. The Morgan fingerprint density at radius 2 is 1.83 bits per heavy atom. The molecule has 0 fully saturated rings. The molecule has 1 heterocycles. The van der Waals surface area contributed by atoms with E-state index in [2.05, 4.69) is 25.8 Å². The summed E-state index contributed by atoms with van der Waals surface area (Å²) in [5, 5.41) is 14.8. The summed E-state index contributed by atoms with van der Waals surface area (Å²) in [4.78, 5) is 4.65. The van der Waals surface area contributed by atoms with Gasteiger partial charge in [0.1, 0.15) is 24.7 Å². The highest BCUT2D eigenvalue weighted by molar-refractivity contribution is 14.0. The van der Waals surface area contributed by atoms with Gasteiger partial charge >= 0.3 is 0 Å². The van der Waals surface area contributed by atoms with Gasteiger partial charge in [0.15, 0.2) is 11.8 Å². The molecule has 0 saturated heterocycles. The van der Waals surface area contributed by atoms with Crippen molar-refractivity contribution in [2.24, 2.45) is 4.99 Å². The number of halogens is 1. The summed E-state index contributed by atoms with van der Waals surface area (Å²) >= 11 is 0. The first-order valence-electron chi connectivity index (χ1n) is 9.86. The number of rotatable bonds is 8. The van der Waals surface area contributed by atoms with Crippen LogP contribution in [0.2, 0.25) is 0 Å². The van der Waals surface area contributed by atoms with Crippen molar-refractivity contribution in [2.75, 3.05) is 13.1 Å². The van der Waals surface area contributed by atoms with Crippen LogP contribution in [0.5, 0.6) is 5.75 Å². The molecule has 1 aromatic heterocycles. The van der Waals surface area contributed by atoms with Crippen LogP contribution in [0.25, 0.3) is 5.69 Å². The first kappa shape index (κ1) is 23.7. The molecule has 8 heteroatoms. The maximum Gasteiger partial charge on any atom is 0.191 e. The van der Waals surface area contributed by atoms with Gasteiger partial charge in [0.2, 0.25) is 0 Å². The normalized spacial score (nSPS) is 12.0. The minimum absolute atomic E-state index is 0. The second-order valence-electron chi connectivity index (χ2n) is 6.72. The van der Waals surface area contributed by atoms with Crippen molar-refractivity contribution in [2.45, 2.75) is 33.4 Å². The SMILES string of the molecule is CCNC(=NCc1nncn1-c1ccccc1)NCC(C)Oc1ccccc1C.I. The molecule has 0 radical (unpaired) electrons. The van der Waals surface area contributed by atoms with Gasteiger partial charge in [-0.15, -0.1) is 34.2 Å². The molecule has 7 nitrogen and oxygen atoms in total. The van der Waals surface area contributed by atoms with Gasteiger partial charge in [0.25, 0.3) is 0 Å². The Balaban J connectivity index is 0.00000320. The molecule has 1 unspecified atom stereocenters. The quantitative estimate of drug-likeness (QED) is 0.269. The Morgan fingerprint density at radius 3 is 2.57 bits per heavy atom. The highest BCUT2D eigenvalue weighted by Gasteiger charge is 2.09. The third kappa shape index (κ3) is 6.72. The fourth-order valence-electron chi connectivity index (χ4n) is 2.85. The van der Waals surface area contributed by atoms with Crippen molar-refractivity contribution in [3.63, 3.8) is 0 Å². The van der Waals surface area contributed by atoms with E-state index < -0.39 is 0 Å². The van der Waals surface area contributed by atoms with E-state index in [9.17, 15) is 0 Å². The molecule has 30 heavy (non-hydrogen) atoms. The number of aryl methyl sites for hydroxylation is 1. The summed E-state index contributed by atoms with van der Waals surface area (Å²) in [6, 6.07) is 18.0. The summed E-state index contributed by atoms with van der Waals surface area (Å²) in [5.74, 6) is 2.40. The zero-order valence-corrected chi connectivity index (χ0v) is 19.9. The third-order valence-electron chi connectivity index (χ3n) is 4.35. The number of aromatic nitrogens is 3. The van der Waals surface area contributed by atoms with E-state index in [1.165, 1.54) is 0 Å². The fraction of sp³-hybridized carbons (Fsp3) is 0.318. The smallest absolute Gasteiger partial charge is 0.191 e. The molecule has 0 amide bonds. The number of nitrogens with one attached hydrogen (secondary N) is 2. The lowest BCUT2D eigenvalue weighted by atomic mass is 10.2. The standard InChI is InChI=1S/C22H28N6O.HI/c1-4-23-22(24-14-18(3)29-20-13-9-8-10-17(20)2)25-15-21-27-26-16-28(21)19-11-6-5-7-12-19;/h5-13,16,18H,4,14-15H2,1-3H3,(H2,23,24,25);1H. The number of hydrogen-bond acceptors (Lipinski definition) is 4. The lowest BCUT2D eigenvalue weighted by Crippen LogP contribution is -2.41. The van der Waals surface area contributed by atoms with Crippen molar-refractivity contribution in [3.8, 4) is 11.4 Å². The summed E-state index contributed by atoms with van der Waals surface area (Å²) < 4.78 is 7.97. The summed E-state index contributed by atoms with van der Waals surface area (Å²) in [6.45, 7) is 7.93. The van der Waals surface area contributed by atoms with E-state index in [1.807, 2.05) is 79.9 Å². The molecule has 160 valence electrons. The molecule has 0 saturated carbocycles. The monoisotopic (exact) mass is 520 g/mol. The lowest BCUT2D eigenvalue weighted by molar-refractivity contribution is 0.222. The Hall–Kier alpha value is -2.62. The van der Waals surface area contributed by atoms with Gasteiger partial charge in [-0.1, -0.05) is 36.4 Å². The molecule has 0 bridgehead atoms. The van der Waals surface area contributed by atoms with Gasteiger partial charge in [-0.05, 0) is 44.5 Å². The number of aliphatic imine (C=N–C) groups is 1. The molecular weight excluding hydrogens is 491 g/mol. The van der Waals surface area contributed by atoms with Crippen molar-refractivity contribution in [1.82, 2.24) is 25.4 Å². The molecule has 0 aliphatic heterocycles. The van der Waals surface area contributed by atoms with E-state index in [1.54, 1.807) is 6.33 Å². The van der Waals surface area contributed by atoms with Crippen LogP contribution < -0.4 is 15.4 Å². The van der Waals surface area contributed by atoms with Crippen molar-refractivity contribution >= 4 is 29.9 Å². The van der Waals surface area contributed by atoms with E-state index in [0.717, 1.165) is 35.3 Å². The molecular formula is C22H29IN6O. The number of para-hydroxylation sites is 2. The van der Waals surface area contributed by atoms with E-state index in [-0.39, 0.29) is 30.1 Å². The van der Waals surface area contributed by atoms with Gasteiger partial charge in [0, 0.05) is 12.2 Å². The molecule has 3 rings (SSSR count). The van der Waals surface area contributed by atoms with E-state index in [4.69, 9.17) is 4.74 Å². The average molecular weight is 520 g/mol. The highest BCUT2D eigenvalue weighted by atomic mass is 127. The van der Waals surface area contributed by atoms with E-state index in [0.29, 0.717) is 13.1 Å². The van der Waals surface area contributed by atoms with Crippen LogP contribution in [0.3, 0.4) is 0 Å². The highest BCUT2D eigenvalue weighted by Crippen LogP contribution is 2.17. The minimum atomic E-state index is -0.00655. The largest absolute Gasteiger partial charge is 0.489 e. The summed E-state index contributed by atoms with van der Waals surface area (Å²) in [6.07, 6.45) is 1.70. The van der Waals surface area contributed by atoms with Gasteiger partial charge in [-0.2, -0.15) is 0 Å². The van der Waals surface area contributed by atoms with Crippen molar-refractivity contribution in [3.05, 3.63) is 72.3 Å². The summed E-state index contributed by atoms with van der Waals surface area (Å²) in [5.41, 5.74) is 2.14. The Labute approximate surface area is 195 Å². The Kier molecular flexibility index (Phi) is 9.59. The van der Waals surface area contributed by atoms with Crippen LogP contribution in [-0.4, -0.2) is 39.9 Å². The topological polar surface area (TPSA) is 76.4 Å². The maximum absolute atomic E-state index is 6.03. The molecule has 2 aromatic carbocycles. The van der Waals surface area contributed by atoms with Crippen LogP contribution in [0.1, 0.15) is 25.2 Å². The fourth-order valence-corrected chi connectivity index (χ4v) is 2.85. The number of nitrogens with zero attached hydrogens (tertiary/aromatic N) is 4. The average Bonchev–Trinajstić information content (AvgIpc) is 3.21. The number of benzene rings is 2. The zero-order valence-electron chi connectivity index (χ0n) is 17.6. The van der Waals surface area contributed by atoms with Gasteiger partial charge in [-0.3, -0.25) is 4.57 Å². The number of guanidine groups is 1. The molecule has 1 atom stereocenters. The second-order valence-corrected chi connectivity index (χ2v) is 6.72. The van der Waals surface area contributed by atoms with Gasteiger partial charge < -0.3 is 15.4 Å². The van der Waals surface area contributed by atoms with Crippen LogP contribution >= 0.6 is 24.0 Å². The van der Waals surface area contributed by atoms with Gasteiger partial charge in [0.05, 0.1) is 6.54 Å². The maximum atomic E-state index is 6.03. The van der Waals surface area contributed by atoms with Crippen LogP contribution in [0, 0.1) is 6.92 Å². The van der Waals surface area contributed by atoms with Crippen molar-refractivity contribution in [1.29, 1.82) is 0 Å². The lowest BCUT2D eigenvalue weighted by Gasteiger charge is -2.18. The molecule has 0 spiro atoms. The molecule has 0 aliphatic carbocycles. The third-order valence-corrected chi connectivity index (χ3v) is 4.35. The van der Waals surface area contributed by atoms with E-state index >= 15 is 0 Å². The summed E-state index contributed by atoms with van der Waals surface area (Å²) in [7, 11) is 0. The van der Waals surface area contributed by atoms with Crippen LogP contribution in [0.15, 0.2) is 65.9 Å². The second kappa shape index (κ2) is 12.2. The molecule has 2 N–H and O–H groups in total.